The Morgan fingerprint density at radius 1 is 1.08 bits per heavy atom. The molecule has 4 rings (SSSR count). The van der Waals surface area contributed by atoms with Crippen molar-refractivity contribution in [2.75, 3.05) is 19.6 Å². The van der Waals surface area contributed by atoms with Crippen LogP contribution in [0.2, 0.25) is 0 Å². The summed E-state index contributed by atoms with van der Waals surface area (Å²) in [5.41, 5.74) is 1.29. The first-order valence-electron chi connectivity index (χ1n) is 9.64. The van der Waals surface area contributed by atoms with E-state index in [0.717, 1.165) is 38.8 Å². The van der Waals surface area contributed by atoms with Crippen LogP contribution in [-0.2, 0) is 4.79 Å². The van der Waals surface area contributed by atoms with Gasteiger partial charge in [-0.3, -0.25) is 4.79 Å². The summed E-state index contributed by atoms with van der Waals surface area (Å²) >= 11 is 0. The Balaban J connectivity index is 1.40. The molecule has 4 atom stereocenters. The molecule has 4 heteroatoms. The largest absolute Gasteiger partial charge is 0.352 e. The molecule has 3 saturated heterocycles. The van der Waals surface area contributed by atoms with Gasteiger partial charge in [-0.25, -0.2) is 0 Å². The summed E-state index contributed by atoms with van der Waals surface area (Å²) < 4.78 is 0. The molecule has 2 N–H and O–H groups in total. The van der Waals surface area contributed by atoms with E-state index >= 15 is 0 Å². The first kappa shape index (κ1) is 16.1. The Morgan fingerprint density at radius 2 is 1.96 bits per heavy atom. The second kappa shape index (κ2) is 7.24. The molecule has 3 fully saturated rings. The maximum atomic E-state index is 13.0. The molecule has 130 valence electrons. The number of nitrogens with zero attached hydrogens (tertiary/aromatic N) is 1. The van der Waals surface area contributed by atoms with Crippen LogP contribution in [0.3, 0.4) is 0 Å². The first-order valence-corrected chi connectivity index (χ1v) is 9.64. The van der Waals surface area contributed by atoms with Crippen LogP contribution >= 0.6 is 0 Å². The highest BCUT2D eigenvalue weighted by Gasteiger charge is 2.36. The maximum Gasteiger partial charge on any atom is 0.237 e. The summed E-state index contributed by atoms with van der Waals surface area (Å²) in [6, 6.07) is 11.5. The Hall–Kier alpha value is -1.39. The summed E-state index contributed by atoms with van der Waals surface area (Å²) in [5, 5.41) is 6.85. The Kier molecular flexibility index (Phi) is 4.86. The molecular formula is C20H29N3O. The van der Waals surface area contributed by atoms with E-state index in [2.05, 4.69) is 39.8 Å². The van der Waals surface area contributed by atoms with Gasteiger partial charge < -0.3 is 15.5 Å². The minimum absolute atomic E-state index is 0.0808. The number of hydrogen-bond donors (Lipinski definition) is 2. The zero-order valence-corrected chi connectivity index (χ0v) is 14.4. The van der Waals surface area contributed by atoms with Crippen molar-refractivity contribution in [3.05, 3.63) is 35.9 Å². The second-order valence-corrected chi connectivity index (χ2v) is 7.65. The van der Waals surface area contributed by atoms with Crippen molar-refractivity contribution in [1.29, 1.82) is 0 Å². The fourth-order valence-electron chi connectivity index (χ4n) is 4.87. The van der Waals surface area contributed by atoms with Crippen molar-refractivity contribution >= 4 is 5.91 Å². The van der Waals surface area contributed by atoms with Gasteiger partial charge in [-0.05, 0) is 57.2 Å². The molecule has 24 heavy (non-hydrogen) atoms. The number of nitrogens with one attached hydrogen (secondary N) is 2. The number of amides is 1. The van der Waals surface area contributed by atoms with Gasteiger partial charge in [0.25, 0.3) is 0 Å². The standard InChI is InChI=1S/C20H29N3O/c24-20(22-16-10-13-23-12-5-8-17(23)14-16)19-18(9-4-11-21-19)15-6-2-1-3-7-15/h1-3,6-7,16-19,21H,4-5,8-14H2,(H,22,24). The third-order valence-electron chi connectivity index (χ3n) is 6.14. The van der Waals surface area contributed by atoms with Crippen molar-refractivity contribution in [3.8, 4) is 0 Å². The zero-order valence-electron chi connectivity index (χ0n) is 14.4. The average Bonchev–Trinajstić information content (AvgIpc) is 3.10. The van der Waals surface area contributed by atoms with Crippen LogP contribution in [-0.4, -0.2) is 48.6 Å². The van der Waals surface area contributed by atoms with E-state index in [0.29, 0.717) is 18.0 Å². The van der Waals surface area contributed by atoms with E-state index in [9.17, 15) is 4.79 Å². The summed E-state index contributed by atoms with van der Waals surface area (Å²) in [7, 11) is 0. The molecule has 0 aliphatic carbocycles. The number of fused-ring (bicyclic) bond motifs is 1. The minimum atomic E-state index is -0.0808. The molecular weight excluding hydrogens is 298 g/mol. The topological polar surface area (TPSA) is 44.4 Å². The van der Waals surface area contributed by atoms with Gasteiger partial charge in [0.1, 0.15) is 0 Å². The summed E-state index contributed by atoms with van der Waals surface area (Å²) in [4.78, 5) is 15.6. The molecule has 1 amide bonds. The fraction of sp³-hybridized carbons (Fsp3) is 0.650. The van der Waals surface area contributed by atoms with Gasteiger partial charge in [0, 0.05) is 24.5 Å². The van der Waals surface area contributed by atoms with Crippen LogP contribution in [0.25, 0.3) is 0 Å². The van der Waals surface area contributed by atoms with E-state index < -0.39 is 0 Å². The van der Waals surface area contributed by atoms with Crippen molar-refractivity contribution in [2.24, 2.45) is 0 Å². The lowest BCUT2D eigenvalue weighted by atomic mass is 9.84. The normalized spacial score (nSPS) is 33.8. The van der Waals surface area contributed by atoms with Crippen LogP contribution < -0.4 is 10.6 Å². The molecule has 0 bridgehead atoms. The molecule has 0 spiro atoms. The van der Waals surface area contributed by atoms with Crippen molar-refractivity contribution in [3.63, 3.8) is 0 Å². The molecule has 3 aliphatic rings. The van der Waals surface area contributed by atoms with Crippen molar-refractivity contribution < 1.29 is 4.79 Å². The molecule has 1 aromatic rings. The highest BCUT2D eigenvalue weighted by Crippen LogP contribution is 2.30. The van der Waals surface area contributed by atoms with Gasteiger partial charge in [0.05, 0.1) is 6.04 Å². The number of carbonyl (C=O) groups excluding carboxylic acids is 1. The Labute approximate surface area is 145 Å². The highest BCUT2D eigenvalue weighted by atomic mass is 16.2. The lowest BCUT2D eigenvalue weighted by Gasteiger charge is -2.37. The molecule has 3 aliphatic heterocycles. The number of rotatable bonds is 3. The molecule has 4 nitrogen and oxygen atoms in total. The van der Waals surface area contributed by atoms with Gasteiger partial charge in [-0.1, -0.05) is 30.3 Å². The molecule has 1 aromatic carbocycles. The van der Waals surface area contributed by atoms with E-state index in [-0.39, 0.29) is 11.9 Å². The van der Waals surface area contributed by atoms with Crippen LogP contribution in [0.15, 0.2) is 30.3 Å². The smallest absolute Gasteiger partial charge is 0.237 e. The third kappa shape index (κ3) is 3.35. The van der Waals surface area contributed by atoms with Gasteiger partial charge in [-0.15, -0.1) is 0 Å². The summed E-state index contributed by atoms with van der Waals surface area (Å²) in [5.74, 6) is 0.506. The average molecular weight is 327 g/mol. The van der Waals surface area contributed by atoms with Crippen LogP contribution in [0.4, 0.5) is 0 Å². The quantitative estimate of drug-likeness (QED) is 0.895. The number of benzene rings is 1. The minimum Gasteiger partial charge on any atom is -0.352 e. The van der Waals surface area contributed by atoms with Crippen LogP contribution in [0.1, 0.15) is 50.0 Å². The summed E-state index contributed by atoms with van der Waals surface area (Å²) in [6.07, 6.45) is 7.10. The Morgan fingerprint density at radius 3 is 2.83 bits per heavy atom. The fourth-order valence-corrected chi connectivity index (χ4v) is 4.87. The number of hydrogen-bond acceptors (Lipinski definition) is 3. The zero-order chi connectivity index (χ0) is 16.4. The molecule has 0 aromatic heterocycles. The highest BCUT2D eigenvalue weighted by molar-refractivity contribution is 5.83. The van der Waals surface area contributed by atoms with E-state index in [1.165, 1.54) is 24.9 Å². The van der Waals surface area contributed by atoms with Gasteiger partial charge in [-0.2, -0.15) is 0 Å². The predicted octanol–water partition coefficient (Wildman–Crippen LogP) is 2.27. The van der Waals surface area contributed by atoms with Gasteiger partial charge >= 0.3 is 0 Å². The SMILES string of the molecule is O=C(NC1CCN2CCCC2C1)C1NCCCC1c1ccccc1. The predicted molar refractivity (Wildman–Crippen MR) is 96.0 cm³/mol. The maximum absolute atomic E-state index is 13.0. The lowest BCUT2D eigenvalue weighted by molar-refractivity contribution is -0.125. The molecule has 0 radical (unpaired) electrons. The summed E-state index contributed by atoms with van der Waals surface area (Å²) in [6.45, 7) is 3.35. The van der Waals surface area contributed by atoms with Crippen LogP contribution in [0.5, 0.6) is 0 Å². The lowest BCUT2D eigenvalue weighted by Crippen LogP contribution is -2.55. The van der Waals surface area contributed by atoms with Crippen molar-refractivity contribution in [2.45, 2.75) is 62.6 Å². The monoisotopic (exact) mass is 327 g/mol. The van der Waals surface area contributed by atoms with E-state index in [1.54, 1.807) is 0 Å². The van der Waals surface area contributed by atoms with Crippen LogP contribution in [0, 0.1) is 0 Å². The third-order valence-corrected chi connectivity index (χ3v) is 6.14. The second-order valence-electron chi connectivity index (χ2n) is 7.65. The van der Waals surface area contributed by atoms with Gasteiger partial charge in [0.2, 0.25) is 5.91 Å². The molecule has 4 unspecified atom stereocenters. The van der Waals surface area contributed by atoms with E-state index in [1.807, 2.05) is 6.07 Å². The Bertz CT molecular complexity index is 561. The number of piperidine rings is 2. The van der Waals surface area contributed by atoms with Gasteiger partial charge in [0.15, 0.2) is 0 Å². The molecule has 0 saturated carbocycles. The van der Waals surface area contributed by atoms with Crippen molar-refractivity contribution in [1.82, 2.24) is 15.5 Å². The van der Waals surface area contributed by atoms with E-state index in [4.69, 9.17) is 0 Å². The molecule has 3 heterocycles. The number of carbonyl (C=O) groups is 1. The first-order chi connectivity index (χ1) is 11.8.